The first-order valence-electron chi connectivity index (χ1n) is 6.07. The molecule has 0 N–H and O–H groups in total. The predicted octanol–water partition coefficient (Wildman–Crippen LogP) is 4.54. The van der Waals surface area contributed by atoms with Gasteiger partial charge < -0.3 is 4.43 Å². The van der Waals surface area contributed by atoms with E-state index in [0.717, 1.165) is 0 Å². The third-order valence-corrected chi connectivity index (χ3v) is 8.35. The largest absolute Gasteiger partial charge is 0.409 e. The molecule has 0 amide bonds. The molecule has 0 unspecified atom stereocenters. The van der Waals surface area contributed by atoms with Crippen molar-refractivity contribution in [2.45, 2.75) is 38.9 Å². The van der Waals surface area contributed by atoms with Crippen molar-refractivity contribution in [2.24, 2.45) is 0 Å². The van der Waals surface area contributed by atoms with Crippen LogP contribution in [0.4, 0.5) is 0 Å². The number of hydrogen-bond donors (Lipinski definition) is 0. The van der Waals surface area contributed by atoms with Gasteiger partial charge in [0.1, 0.15) is 0 Å². The zero-order valence-electron chi connectivity index (χ0n) is 11.7. The van der Waals surface area contributed by atoms with Crippen molar-refractivity contribution < 1.29 is 9.22 Å². The SMILES string of the molecule is CC(C)(C)[Si](C)(C)OCC(=O)c1ccccc1Cl. The maximum atomic E-state index is 12.1. The Kier molecular flexibility index (Phi) is 4.76. The van der Waals surface area contributed by atoms with E-state index in [4.69, 9.17) is 16.0 Å². The van der Waals surface area contributed by atoms with Gasteiger partial charge in [-0.05, 0) is 30.3 Å². The summed E-state index contributed by atoms with van der Waals surface area (Å²) in [4.78, 5) is 12.1. The van der Waals surface area contributed by atoms with Crippen LogP contribution in [0.15, 0.2) is 24.3 Å². The second-order valence-corrected chi connectivity index (χ2v) is 11.2. The second-order valence-electron chi connectivity index (χ2n) is 5.95. The standard InChI is InChI=1S/C14H21ClO2Si/c1-14(2,3)18(4,5)17-10-13(16)11-8-6-7-9-12(11)15/h6-9H,10H2,1-5H3. The Hall–Kier alpha value is -0.643. The van der Waals surface area contributed by atoms with Gasteiger partial charge in [-0.25, -0.2) is 0 Å². The summed E-state index contributed by atoms with van der Waals surface area (Å²) in [5, 5.41) is 0.592. The normalized spacial score (nSPS) is 12.6. The molecule has 100 valence electrons. The van der Waals surface area contributed by atoms with Gasteiger partial charge in [0.2, 0.25) is 0 Å². The van der Waals surface area contributed by atoms with Crippen molar-refractivity contribution in [3.05, 3.63) is 34.9 Å². The lowest BCUT2D eigenvalue weighted by Crippen LogP contribution is -2.42. The lowest BCUT2D eigenvalue weighted by molar-refractivity contribution is 0.0911. The smallest absolute Gasteiger partial charge is 0.192 e. The van der Waals surface area contributed by atoms with Crippen molar-refractivity contribution in [2.75, 3.05) is 6.61 Å². The molecule has 0 aliphatic rings. The van der Waals surface area contributed by atoms with Gasteiger partial charge in [-0.3, -0.25) is 4.79 Å². The maximum Gasteiger partial charge on any atom is 0.192 e. The summed E-state index contributed by atoms with van der Waals surface area (Å²) < 4.78 is 5.90. The lowest BCUT2D eigenvalue weighted by atomic mass is 10.1. The van der Waals surface area contributed by atoms with E-state index >= 15 is 0 Å². The number of ketones is 1. The fraction of sp³-hybridized carbons (Fsp3) is 0.500. The number of carbonyl (C=O) groups excluding carboxylic acids is 1. The van der Waals surface area contributed by atoms with Gasteiger partial charge in [-0.15, -0.1) is 0 Å². The molecule has 18 heavy (non-hydrogen) atoms. The average Bonchev–Trinajstić information content (AvgIpc) is 2.25. The molecule has 0 spiro atoms. The highest BCUT2D eigenvalue weighted by Gasteiger charge is 2.37. The zero-order valence-corrected chi connectivity index (χ0v) is 13.5. The molecule has 1 rings (SSSR count). The van der Waals surface area contributed by atoms with Crippen molar-refractivity contribution in [1.29, 1.82) is 0 Å². The average molecular weight is 285 g/mol. The minimum absolute atomic E-state index is 0.0505. The molecule has 0 aliphatic carbocycles. The van der Waals surface area contributed by atoms with Crippen LogP contribution in [-0.4, -0.2) is 20.7 Å². The first-order valence-corrected chi connectivity index (χ1v) is 9.35. The Balaban J connectivity index is 2.71. The summed E-state index contributed by atoms with van der Waals surface area (Å²) in [7, 11) is -1.88. The fourth-order valence-corrected chi connectivity index (χ4v) is 2.39. The van der Waals surface area contributed by atoms with Crippen molar-refractivity contribution >= 4 is 25.7 Å². The molecule has 0 bridgehead atoms. The van der Waals surface area contributed by atoms with Crippen LogP contribution in [0.2, 0.25) is 23.2 Å². The summed E-state index contributed by atoms with van der Waals surface area (Å²) >= 11 is 5.99. The van der Waals surface area contributed by atoms with Crippen LogP contribution in [0, 0.1) is 0 Å². The molecule has 1 aromatic carbocycles. The van der Waals surface area contributed by atoms with E-state index in [9.17, 15) is 4.79 Å². The first-order chi connectivity index (χ1) is 8.15. The maximum absolute atomic E-state index is 12.1. The Morgan fingerprint density at radius 2 is 1.83 bits per heavy atom. The van der Waals surface area contributed by atoms with E-state index in [1.807, 2.05) is 12.1 Å². The van der Waals surface area contributed by atoms with Gasteiger partial charge in [0.15, 0.2) is 14.1 Å². The predicted molar refractivity (Wildman–Crippen MR) is 78.9 cm³/mol. The number of halogens is 1. The third kappa shape index (κ3) is 3.67. The summed E-state index contributed by atoms with van der Waals surface area (Å²) in [5.74, 6) is -0.0505. The second kappa shape index (κ2) is 5.55. The van der Waals surface area contributed by atoms with Crippen LogP contribution >= 0.6 is 11.6 Å². The third-order valence-electron chi connectivity index (χ3n) is 3.54. The van der Waals surface area contributed by atoms with E-state index in [0.29, 0.717) is 10.6 Å². The minimum Gasteiger partial charge on any atom is -0.409 e. The molecule has 0 atom stereocenters. The summed E-state index contributed by atoms with van der Waals surface area (Å²) in [6, 6.07) is 7.08. The van der Waals surface area contributed by atoms with Gasteiger partial charge in [0.05, 0.1) is 11.6 Å². The van der Waals surface area contributed by atoms with Gasteiger partial charge in [-0.1, -0.05) is 44.5 Å². The molecule has 0 fully saturated rings. The number of benzene rings is 1. The van der Waals surface area contributed by atoms with Gasteiger partial charge in [0, 0.05) is 5.56 Å². The number of Topliss-reactive ketones (excluding diaryl/α,β-unsaturated/α-hetero) is 1. The Bertz CT molecular complexity index is 436. The Morgan fingerprint density at radius 1 is 1.28 bits per heavy atom. The van der Waals surface area contributed by atoms with E-state index in [1.165, 1.54) is 0 Å². The highest BCUT2D eigenvalue weighted by Crippen LogP contribution is 2.36. The first kappa shape index (κ1) is 15.4. The zero-order chi connectivity index (χ0) is 14.0. The fourth-order valence-electron chi connectivity index (χ4n) is 1.23. The number of carbonyl (C=O) groups is 1. The Morgan fingerprint density at radius 3 is 2.33 bits per heavy atom. The molecule has 0 aliphatic heterocycles. The van der Waals surface area contributed by atoms with E-state index < -0.39 is 8.32 Å². The molecule has 0 aromatic heterocycles. The number of rotatable bonds is 4. The van der Waals surface area contributed by atoms with Crippen LogP contribution < -0.4 is 0 Å². The molecular formula is C14H21ClO2Si. The molecular weight excluding hydrogens is 264 g/mol. The monoisotopic (exact) mass is 284 g/mol. The summed E-state index contributed by atoms with van der Waals surface area (Å²) in [6.07, 6.45) is 0. The van der Waals surface area contributed by atoms with Crippen molar-refractivity contribution in [3.8, 4) is 0 Å². The van der Waals surface area contributed by atoms with Crippen LogP contribution in [0.25, 0.3) is 0 Å². The summed E-state index contributed by atoms with van der Waals surface area (Å²) in [5.41, 5.74) is 0.540. The molecule has 1 aromatic rings. The van der Waals surface area contributed by atoms with E-state index in [-0.39, 0.29) is 17.4 Å². The van der Waals surface area contributed by atoms with E-state index in [2.05, 4.69) is 33.9 Å². The molecule has 0 saturated heterocycles. The van der Waals surface area contributed by atoms with Crippen LogP contribution in [0.5, 0.6) is 0 Å². The lowest BCUT2D eigenvalue weighted by Gasteiger charge is -2.35. The molecule has 0 saturated carbocycles. The topological polar surface area (TPSA) is 26.3 Å². The van der Waals surface area contributed by atoms with E-state index in [1.54, 1.807) is 12.1 Å². The summed E-state index contributed by atoms with van der Waals surface area (Å²) in [6.45, 7) is 10.8. The van der Waals surface area contributed by atoms with Crippen LogP contribution in [-0.2, 0) is 4.43 Å². The van der Waals surface area contributed by atoms with Crippen LogP contribution in [0.3, 0.4) is 0 Å². The molecule has 0 radical (unpaired) electrons. The van der Waals surface area contributed by atoms with Crippen molar-refractivity contribution in [3.63, 3.8) is 0 Å². The van der Waals surface area contributed by atoms with Crippen LogP contribution in [0.1, 0.15) is 31.1 Å². The van der Waals surface area contributed by atoms with Gasteiger partial charge in [-0.2, -0.15) is 0 Å². The Labute approximate surface area is 115 Å². The highest BCUT2D eigenvalue weighted by molar-refractivity contribution is 6.74. The minimum atomic E-state index is -1.88. The van der Waals surface area contributed by atoms with Crippen molar-refractivity contribution in [1.82, 2.24) is 0 Å². The molecule has 0 heterocycles. The quantitative estimate of drug-likeness (QED) is 0.599. The highest BCUT2D eigenvalue weighted by atomic mass is 35.5. The van der Waals surface area contributed by atoms with Gasteiger partial charge in [0.25, 0.3) is 0 Å². The van der Waals surface area contributed by atoms with Gasteiger partial charge >= 0.3 is 0 Å². The molecule has 4 heteroatoms. The number of hydrogen-bond acceptors (Lipinski definition) is 2. The molecule has 2 nitrogen and oxygen atoms in total.